The molecule has 3 aliphatic rings. The zero-order valence-corrected chi connectivity index (χ0v) is 23.9. The van der Waals surface area contributed by atoms with E-state index in [-0.39, 0.29) is 30.6 Å². The highest BCUT2D eigenvalue weighted by Gasteiger charge is 2.57. The fourth-order valence-corrected chi connectivity index (χ4v) is 6.40. The van der Waals surface area contributed by atoms with Gasteiger partial charge in [-0.3, -0.25) is 24.0 Å². The third kappa shape index (κ3) is 4.71. The quantitative estimate of drug-likeness (QED) is 0.454. The molecular weight excluding hydrogens is 581 g/mol. The van der Waals surface area contributed by atoms with Gasteiger partial charge in [0.1, 0.15) is 28.6 Å². The van der Waals surface area contributed by atoms with E-state index in [2.05, 4.69) is 5.32 Å². The molecule has 3 amide bonds. The average Bonchev–Trinajstić information content (AvgIpc) is 3.27. The molecule has 0 aliphatic carbocycles. The van der Waals surface area contributed by atoms with Crippen molar-refractivity contribution in [2.75, 3.05) is 6.54 Å². The Balaban J connectivity index is 1.39. The lowest BCUT2D eigenvalue weighted by Crippen LogP contribution is -2.52. The van der Waals surface area contributed by atoms with Crippen LogP contribution < -0.4 is 10.7 Å². The van der Waals surface area contributed by atoms with E-state index in [1.807, 2.05) is 44.2 Å². The van der Waals surface area contributed by atoms with Crippen molar-refractivity contribution in [1.29, 1.82) is 0 Å². The highest BCUT2D eigenvalue weighted by Crippen LogP contribution is 2.48. The Morgan fingerprint density at radius 3 is 2.50 bits per heavy atom. The topological polar surface area (TPSA) is 121 Å². The minimum Gasteiger partial charge on any atom is -0.503 e. The fraction of sp³-hybridized carbons (Fsp3) is 0.355. The minimum absolute atomic E-state index is 0.0550. The number of hydrogen-bond acceptors (Lipinski definition) is 6. The van der Waals surface area contributed by atoms with Gasteiger partial charge in [-0.2, -0.15) is 0 Å². The molecule has 2 aromatic carbocycles. The van der Waals surface area contributed by atoms with Crippen molar-refractivity contribution >= 4 is 17.7 Å². The van der Waals surface area contributed by atoms with Crippen LogP contribution in [0.4, 0.5) is 13.2 Å². The molecule has 2 saturated heterocycles. The number of hydrogen-bond donors (Lipinski definition) is 2. The van der Waals surface area contributed by atoms with Crippen LogP contribution in [0.1, 0.15) is 77.2 Å². The lowest BCUT2D eigenvalue weighted by Gasteiger charge is -2.42. The Hall–Kier alpha value is -4.65. The Labute approximate surface area is 249 Å². The summed E-state index contributed by atoms with van der Waals surface area (Å²) in [7, 11) is 0. The van der Waals surface area contributed by atoms with Crippen LogP contribution in [0.2, 0.25) is 0 Å². The summed E-state index contributed by atoms with van der Waals surface area (Å²) < 4.78 is 42.9. The van der Waals surface area contributed by atoms with Crippen LogP contribution in [-0.4, -0.2) is 55.5 Å². The molecule has 10 nitrogen and oxygen atoms in total. The first-order valence-electron chi connectivity index (χ1n) is 14.2. The van der Waals surface area contributed by atoms with E-state index < -0.39 is 75.8 Å². The maximum absolute atomic E-state index is 14.2. The van der Waals surface area contributed by atoms with Gasteiger partial charge in [0.25, 0.3) is 11.8 Å². The van der Waals surface area contributed by atoms with Crippen LogP contribution in [-0.2, 0) is 16.2 Å². The SMILES string of the molecule is C[C@H]1CC[C@]2(CC(=O)N([C@@H](C)c3ccccc3)O2)[C@H]2CN1C(=O)c1c(O)c(=O)c(C(=O)NCc3c(F)cc(F)cc3F)cn12. The maximum atomic E-state index is 14.2. The van der Waals surface area contributed by atoms with Gasteiger partial charge in [-0.15, -0.1) is 0 Å². The van der Waals surface area contributed by atoms with E-state index in [1.54, 1.807) is 0 Å². The predicted molar refractivity (Wildman–Crippen MR) is 149 cm³/mol. The summed E-state index contributed by atoms with van der Waals surface area (Å²) in [5.41, 5.74) is -3.08. The molecular formula is C31H29F3N4O6. The van der Waals surface area contributed by atoms with Gasteiger partial charge in [0.15, 0.2) is 11.4 Å². The van der Waals surface area contributed by atoms with Gasteiger partial charge in [0.05, 0.1) is 18.5 Å². The first kappa shape index (κ1) is 29.4. The fourth-order valence-electron chi connectivity index (χ4n) is 6.40. The van der Waals surface area contributed by atoms with Gasteiger partial charge in [-0.25, -0.2) is 18.2 Å². The van der Waals surface area contributed by atoms with Gasteiger partial charge < -0.3 is 19.9 Å². The van der Waals surface area contributed by atoms with Crippen LogP contribution >= 0.6 is 0 Å². The Morgan fingerprint density at radius 1 is 1.14 bits per heavy atom. The number of halogens is 3. The molecule has 3 aromatic rings. The first-order chi connectivity index (χ1) is 20.9. The number of nitrogens with zero attached hydrogens (tertiary/aromatic N) is 3. The van der Waals surface area contributed by atoms with Gasteiger partial charge in [0.2, 0.25) is 11.3 Å². The first-order valence-corrected chi connectivity index (χ1v) is 14.2. The van der Waals surface area contributed by atoms with Crippen LogP contribution in [0.3, 0.4) is 0 Å². The van der Waals surface area contributed by atoms with Crippen LogP contribution in [0.15, 0.2) is 53.5 Å². The number of aromatic hydroxyl groups is 1. The maximum Gasteiger partial charge on any atom is 0.274 e. The van der Waals surface area contributed by atoms with E-state index in [9.17, 15) is 37.5 Å². The van der Waals surface area contributed by atoms with E-state index in [0.29, 0.717) is 25.0 Å². The van der Waals surface area contributed by atoms with Gasteiger partial charge in [-0.05, 0) is 32.3 Å². The number of hydroxylamine groups is 2. The molecule has 2 N–H and O–H groups in total. The Morgan fingerprint density at radius 2 is 1.82 bits per heavy atom. The average molecular weight is 611 g/mol. The number of carbonyl (C=O) groups is 3. The summed E-state index contributed by atoms with van der Waals surface area (Å²) in [6.45, 7) is 3.01. The molecule has 230 valence electrons. The molecule has 6 rings (SSSR count). The second-order valence-electron chi connectivity index (χ2n) is 11.5. The monoisotopic (exact) mass is 610 g/mol. The number of pyridine rings is 1. The van der Waals surface area contributed by atoms with Crippen LogP contribution in [0.25, 0.3) is 0 Å². The molecule has 1 aromatic heterocycles. The van der Waals surface area contributed by atoms with Crippen molar-refractivity contribution in [2.24, 2.45) is 0 Å². The smallest absolute Gasteiger partial charge is 0.274 e. The van der Waals surface area contributed by atoms with Crippen molar-refractivity contribution in [3.63, 3.8) is 0 Å². The van der Waals surface area contributed by atoms with Crippen molar-refractivity contribution in [2.45, 2.75) is 63.4 Å². The molecule has 2 bridgehead atoms. The molecule has 0 radical (unpaired) electrons. The van der Waals surface area contributed by atoms with E-state index in [0.717, 1.165) is 11.8 Å². The molecule has 0 saturated carbocycles. The lowest BCUT2D eigenvalue weighted by molar-refractivity contribution is -0.228. The van der Waals surface area contributed by atoms with Crippen molar-refractivity contribution in [1.82, 2.24) is 19.8 Å². The number of nitrogens with one attached hydrogen (secondary N) is 1. The second kappa shape index (κ2) is 10.8. The normalized spacial score (nSPS) is 23.5. The third-order valence-electron chi connectivity index (χ3n) is 8.89. The summed E-state index contributed by atoms with van der Waals surface area (Å²) in [6.07, 6.45) is 1.87. The molecule has 0 unspecified atom stereocenters. The Bertz CT molecular complexity index is 1730. The summed E-state index contributed by atoms with van der Waals surface area (Å²) in [5.74, 6) is -6.57. The number of carbonyl (C=O) groups excluding carboxylic acids is 3. The van der Waals surface area contributed by atoms with E-state index in [1.165, 1.54) is 14.5 Å². The van der Waals surface area contributed by atoms with Crippen molar-refractivity contribution < 1.29 is 37.5 Å². The highest BCUT2D eigenvalue weighted by molar-refractivity contribution is 5.99. The zero-order chi connectivity index (χ0) is 31.5. The molecule has 4 atom stereocenters. The summed E-state index contributed by atoms with van der Waals surface area (Å²) in [4.78, 5) is 61.4. The predicted octanol–water partition coefficient (Wildman–Crippen LogP) is 3.74. The van der Waals surface area contributed by atoms with Crippen molar-refractivity contribution in [3.05, 3.63) is 98.7 Å². The zero-order valence-electron chi connectivity index (χ0n) is 23.9. The number of aromatic nitrogens is 1. The standard InChI is InChI=1S/C31H29F3N4O6/c1-16-8-9-31(12-25(39)38(44-31)17(2)18-6-4-3-5-7-18)24-15-36(16)30(43)26-28(41)27(40)21(14-37(24)26)29(42)35-13-20-22(33)10-19(32)11-23(20)34/h3-7,10-11,14,16-17,24,41H,8-9,12-13,15H2,1-2H3,(H,35,42)/t16-,17-,24+,31-/m0/s1. The largest absolute Gasteiger partial charge is 0.503 e. The minimum atomic E-state index is -1.23. The summed E-state index contributed by atoms with van der Waals surface area (Å²) in [6, 6.07) is 8.66. The molecule has 3 aliphatic heterocycles. The van der Waals surface area contributed by atoms with E-state index in [4.69, 9.17) is 4.84 Å². The molecule has 4 heterocycles. The summed E-state index contributed by atoms with van der Waals surface area (Å²) in [5, 5.41) is 14.6. The van der Waals surface area contributed by atoms with Crippen molar-refractivity contribution in [3.8, 4) is 5.75 Å². The van der Waals surface area contributed by atoms with Crippen LogP contribution in [0, 0.1) is 17.5 Å². The second-order valence-corrected chi connectivity index (χ2v) is 11.5. The molecule has 1 spiro atoms. The number of rotatable bonds is 5. The lowest BCUT2D eigenvalue weighted by atomic mass is 9.85. The third-order valence-corrected chi connectivity index (χ3v) is 8.89. The molecule has 44 heavy (non-hydrogen) atoms. The number of fused-ring (bicyclic) bond motifs is 5. The summed E-state index contributed by atoms with van der Waals surface area (Å²) >= 11 is 0. The van der Waals surface area contributed by atoms with Gasteiger partial charge in [-0.1, -0.05) is 30.3 Å². The number of benzene rings is 2. The molecule has 13 heteroatoms. The number of amides is 3. The highest BCUT2D eigenvalue weighted by atomic mass is 19.1. The van der Waals surface area contributed by atoms with Gasteiger partial charge >= 0.3 is 0 Å². The van der Waals surface area contributed by atoms with Gasteiger partial charge in [0, 0.05) is 43.0 Å². The van der Waals surface area contributed by atoms with E-state index >= 15 is 0 Å². The molecule has 2 fully saturated rings. The Kier molecular flexibility index (Phi) is 7.23. The van der Waals surface area contributed by atoms with Crippen LogP contribution in [0.5, 0.6) is 5.75 Å².